The molecule has 0 saturated carbocycles. The summed E-state index contributed by atoms with van der Waals surface area (Å²) in [5.74, 6) is 0.583. The Kier molecular flexibility index (Phi) is 9.18. The van der Waals surface area contributed by atoms with Crippen molar-refractivity contribution >= 4 is 17.5 Å². The summed E-state index contributed by atoms with van der Waals surface area (Å²) in [7, 11) is 3.06. The van der Waals surface area contributed by atoms with E-state index in [-0.39, 0.29) is 24.0 Å². The molecule has 168 valence electrons. The lowest BCUT2D eigenvalue weighted by Gasteiger charge is -2.31. The topological polar surface area (TPSA) is 88.1 Å². The summed E-state index contributed by atoms with van der Waals surface area (Å²) >= 11 is 0. The lowest BCUT2D eigenvalue weighted by molar-refractivity contribution is -0.126. The first-order valence-electron chi connectivity index (χ1n) is 10.6. The number of carbonyl (C=O) groups excluding carboxylic acids is 2. The minimum Gasteiger partial charge on any atom is -0.508 e. The van der Waals surface area contributed by atoms with Crippen molar-refractivity contribution in [3.63, 3.8) is 0 Å². The van der Waals surface area contributed by atoms with Crippen LogP contribution in [0.4, 0.5) is 5.69 Å². The quantitative estimate of drug-likeness (QED) is 0.524. The molecule has 1 atom stereocenters. The third-order valence-electron chi connectivity index (χ3n) is 5.01. The molecule has 2 N–H and O–H groups in total. The lowest BCUT2D eigenvalue weighted by atomic mass is 10.0. The van der Waals surface area contributed by atoms with Crippen LogP contribution in [0, 0.1) is 0 Å². The highest BCUT2D eigenvalue weighted by Crippen LogP contribution is 2.36. The second kappa shape index (κ2) is 11.8. The number of ether oxygens (including phenoxy) is 2. The molecule has 0 aliphatic rings. The summed E-state index contributed by atoms with van der Waals surface area (Å²) < 4.78 is 10.7. The van der Waals surface area contributed by atoms with Crippen molar-refractivity contribution in [3.8, 4) is 17.2 Å². The van der Waals surface area contributed by atoms with Crippen molar-refractivity contribution in [3.05, 3.63) is 48.0 Å². The number of phenolic OH excluding ortho intramolecular Hbond substituents is 1. The van der Waals surface area contributed by atoms with E-state index in [2.05, 4.69) is 12.2 Å². The minimum atomic E-state index is -0.896. The molecule has 2 aromatic rings. The van der Waals surface area contributed by atoms with Crippen LogP contribution in [0.3, 0.4) is 0 Å². The molecule has 0 radical (unpaired) electrons. The van der Waals surface area contributed by atoms with Gasteiger partial charge in [-0.2, -0.15) is 0 Å². The van der Waals surface area contributed by atoms with Crippen LogP contribution in [0.25, 0.3) is 0 Å². The number of aromatic hydroxyl groups is 1. The lowest BCUT2D eigenvalue weighted by Crippen LogP contribution is -2.44. The van der Waals surface area contributed by atoms with E-state index in [1.807, 2.05) is 0 Å². The van der Waals surface area contributed by atoms with E-state index in [0.29, 0.717) is 29.3 Å². The zero-order valence-corrected chi connectivity index (χ0v) is 18.7. The number of nitrogens with zero attached hydrogens (tertiary/aromatic N) is 1. The number of rotatable bonds is 11. The number of nitrogens with one attached hydrogen (secondary N) is 1. The number of carbonyl (C=O) groups is 2. The summed E-state index contributed by atoms with van der Waals surface area (Å²) in [6.45, 7) is 4.38. The largest absolute Gasteiger partial charge is 0.508 e. The van der Waals surface area contributed by atoms with E-state index < -0.39 is 6.04 Å². The van der Waals surface area contributed by atoms with Gasteiger partial charge >= 0.3 is 0 Å². The molecule has 0 aliphatic carbocycles. The molecule has 2 amide bonds. The van der Waals surface area contributed by atoms with Crippen molar-refractivity contribution in [2.24, 2.45) is 0 Å². The van der Waals surface area contributed by atoms with Gasteiger partial charge in [-0.25, -0.2) is 0 Å². The molecular weight excluding hydrogens is 396 g/mol. The third-order valence-corrected chi connectivity index (χ3v) is 5.01. The zero-order chi connectivity index (χ0) is 22.8. The van der Waals surface area contributed by atoms with Crippen LogP contribution in [0.2, 0.25) is 0 Å². The van der Waals surface area contributed by atoms with Gasteiger partial charge in [-0.15, -0.1) is 0 Å². The zero-order valence-electron chi connectivity index (χ0n) is 18.7. The first kappa shape index (κ1) is 24.1. The van der Waals surface area contributed by atoms with E-state index in [1.54, 1.807) is 37.3 Å². The minimum absolute atomic E-state index is 0.0883. The molecule has 2 aromatic carbocycles. The Balaban J connectivity index is 2.52. The number of anilines is 1. The first-order valence-corrected chi connectivity index (χ1v) is 10.6. The average molecular weight is 429 g/mol. The molecule has 7 nitrogen and oxygen atoms in total. The van der Waals surface area contributed by atoms with Crippen LogP contribution in [-0.2, 0) is 9.59 Å². The maximum absolute atomic E-state index is 13.3. The van der Waals surface area contributed by atoms with Gasteiger partial charge in [0.2, 0.25) is 11.8 Å². The molecule has 31 heavy (non-hydrogen) atoms. The van der Waals surface area contributed by atoms with Crippen LogP contribution < -0.4 is 19.7 Å². The Morgan fingerprint density at radius 2 is 1.68 bits per heavy atom. The monoisotopic (exact) mass is 428 g/mol. The fourth-order valence-corrected chi connectivity index (χ4v) is 3.34. The smallest absolute Gasteiger partial charge is 0.247 e. The van der Waals surface area contributed by atoms with Crippen LogP contribution in [-0.4, -0.2) is 37.7 Å². The van der Waals surface area contributed by atoms with E-state index in [4.69, 9.17) is 9.47 Å². The maximum Gasteiger partial charge on any atom is 0.247 e. The molecule has 0 aromatic heterocycles. The number of methoxy groups -OCH3 is 2. The highest BCUT2D eigenvalue weighted by atomic mass is 16.5. The Hall–Kier alpha value is -3.22. The second-order valence-corrected chi connectivity index (χ2v) is 7.15. The van der Waals surface area contributed by atoms with E-state index in [0.717, 1.165) is 19.3 Å². The Labute approximate surface area is 184 Å². The van der Waals surface area contributed by atoms with Crippen LogP contribution in [0.5, 0.6) is 17.2 Å². The number of phenols is 1. The standard InChI is InChI=1S/C24H32N2O5/c1-5-7-8-15-25-24(29)23(17-9-12-19(27)13-10-17)26(22(28)6-2)18-11-14-20(30-3)21(16-18)31-4/h9-14,16,23,27H,5-8,15H2,1-4H3,(H,25,29). The molecule has 7 heteroatoms. The van der Waals surface area contributed by atoms with Gasteiger partial charge < -0.3 is 19.9 Å². The van der Waals surface area contributed by atoms with Crippen molar-refractivity contribution in [2.75, 3.05) is 25.7 Å². The summed E-state index contributed by atoms with van der Waals surface area (Å²) in [6, 6.07) is 10.6. The molecule has 0 aliphatic heterocycles. The number of unbranched alkanes of at least 4 members (excludes halogenated alkanes) is 2. The predicted molar refractivity (Wildman–Crippen MR) is 121 cm³/mol. The SMILES string of the molecule is CCCCCNC(=O)C(c1ccc(O)cc1)N(C(=O)CC)c1ccc(OC)c(OC)c1. The van der Waals surface area contributed by atoms with Gasteiger partial charge in [-0.05, 0) is 36.2 Å². The summed E-state index contributed by atoms with van der Waals surface area (Å²) in [6.07, 6.45) is 3.13. The van der Waals surface area contributed by atoms with E-state index in [1.165, 1.54) is 31.3 Å². The Morgan fingerprint density at radius 3 is 2.26 bits per heavy atom. The van der Waals surface area contributed by atoms with Gasteiger partial charge in [-0.1, -0.05) is 38.8 Å². The van der Waals surface area contributed by atoms with Gasteiger partial charge in [0.15, 0.2) is 11.5 Å². The van der Waals surface area contributed by atoms with Crippen molar-refractivity contribution in [1.82, 2.24) is 5.32 Å². The third kappa shape index (κ3) is 6.13. The van der Waals surface area contributed by atoms with Gasteiger partial charge in [0, 0.05) is 24.7 Å². The highest BCUT2D eigenvalue weighted by Gasteiger charge is 2.32. The van der Waals surface area contributed by atoms with Crippen LogP contribution in [0.1, 0.15) is 51.1 Å². The number of amides is 2. The van der Waals surface area contributed by atoms with Gasteiger partial charge in [0.05, 0.1) is 14.2 Å². The molecule has 1 unspecified atom stereocenters. The highest BCUT2D eigenvalue weighted by molar-refractivity contribution is 6.01. The summed E-state index contributed by atoms with van der Waals surface area (Å²) in [5, 5.41) is 12.7. The van der Waals surface area contributed by atoms with Gasteiger partial charge in [0.1, 0.15) is 11.8 Å². The van der Waals surface area contributed by atoms with Crippen molar-refractivity contribution < 1.29 is 24.2 Å². The number of benzene rings is 2. The second-order valence-electron chi connectivity index (χ2n) is 7.15. The molecule has 0 bridgehead atoms. The summed E-state index contributed by atoms with van der Waals surface area (Å²) in [4.78, 5) is 27.8. The van der Waals surface area contributed by atoms with E-state index in [9.17, 15) is 14.7 Å². The van der Waals surface area contributed by atoms with Crippen LogP contribution >= 0.6 is 0 Å². The molecule has 0 fully saturated rings. The first-order chi connectivity index (χ1) is 15.0. The van der Waals surface area contributed by atoms with Crippen molar-refractivity contribution in [1.29, 1.82) is 0 Å². The van der Waals surface area contributed by atoms with Gasteiger partial charge in [0.25, 0.3) is 0 Å². The number of hydrogen-bond donors (Lipinski definition) is 2. The van der Waals surface area contributed by atoms with Gasteiger partial charge in [-0.3, -0.25) is 14.5 Å². The maximum atomic E-state index is 13.3. The molecule has 2 rings (SSSR count). The van der Waals surface area contributed by atoms with Crippen LogP contribution in [0.15, 0.2) is 42.5 Å². The predicted octanol–water partition coefficient (Wildman–Crippen LogP) is 4.20. The Morgan fingerprint density at radius 1 is 1.00 bits per heavy atom. The molecule has 0 saturated heterocycles. The molecule has 0 heterocycles. The fourth-order valence-electron chi connectivity index (χ4n) is 3.34. The average Bonchev–Trinajstić information content (AvgIpc) is 2.80. The Bertz CT molecular complexity index is 867. The molecular formula is C24H32N2O5. The summed E-state index contributed by atoms with van der Waals surface area (Å²) in [5.41, 5.74) is 1.12. The van der Waals surface area contributed by atoms with E-state index >= 15 is 0 Å². The number of hydrogen-bond acceptors (Lipinski definition) is 5. The normalized spacial score (nSPS) is 11.5. The molecule has 0 spiro atoms. The van der Waals surface area contributed by atoms with Crippen molar-refractivity contribution in [2.45, 2.75) is 45.6 Å². The fraction of sp³-hybridized carbons (Fsp3) is 0.417.